The first-order valence-electron chi connectivity index (χ1n) is 6.16. The van der Waals surface area contributed by atoms with Gasteiger partial charge in [0.2, 0.25) is 0 Å². The number of hydrogen-bond acceptors (Lipinski definition) is 4. The summed E-state index contributed by atoms with van der Waals surface area (Å²) in [6.07, 6.45) is 0. The highest BCUT2D eigenvalue weighted by Gasteiger charge is 2.10. The molecule has 2 N–H and O–H groups in total. The van der Waals surface area contributed by atoms with Gasteiger partial charge in [-0.2, -0.15) is 0 Å². The van der Waals surface area contributed by atoms with E-state index in [9.17, 15) is 4.79 Å². The lowest BCUT2D eigenvalue weighted by molar-refractivity contribution is -0.123. The number of carbonyl (C=O) groups excluding carboxylic acids is 1. The van der Waals surface area contributed by atoms with Crippen LogP contribution in [0, 0.1) is 6.92 Å². The average molecular weight is 264 g/mol. The topological polar surface area (TPSA) is 70.9 Å². The van der Waals surface area contributed by atoms with E-state index in [4.69, 9.17) is 9.94 Å². The zero-order chi connectivity index (χ0) is 14.4. The number of nitrogens with zero attached hydrogens (tertiary/aromatic N) is 1. The largest absolute Gasteiger partial charge is 0.483 e. The second-order valence-electron chi connectivity index (χ2n) is 4.70. The highest BCUT2D eigenvalue weighted by atomic mass is 16.5. The normalized spacial score (nSPS) is 11.5. The number of rotatable bonds is 5. The first-order chi connectivity index (χ1) is 8.93. The number of aryl methyl sites for hydroxylation is 1. The third-order valence-corrected chi connectivity index (χ3v) is 2.49. The Labute approximate surface area is 113 Å². The SMILES string of the molecule is CC(=NO)c1ccc(C)cc1OCC(=O)NC(C)C. The fraction of sp³-hybridized carbons (Fsp3) is 0.429. The van der Waals surface area contributed by atoms with Crippen molar-refractivity contribution in [2.45, 2.75) is 33.7 Å². The molecule has 0 unspecified atom stereocenters. The van der Waals surface area contributed by atoms with E-state index < -0.39 is 0 Å². The fourth-order valence-electron chi connectivity index (χ4n) is 1.61. The van der Waals surface area contributed by atoms with Gasteiger partial charge in [-0.05, 0) is 45.4 Å². The quantitative estimate of drug-likeness (QED) is 0.486. The van der Waals surface area contributed by atoms with Crippen LogP contribution in [0.5, 0.6) is 5.75 Å². The minimum absolute atomic E-state index is 0.0622. The van der Waals surface area contributed by atoms with E-state index in [-0.39, 0.29) is 18.6 Å². The van der Waals surface area contributed by atoms with E-state index in [1.165, 1.54) is 0 Å². The summed E-state index contributed by atoms with van der Waals surface area (Å²) in [6.45, 7) is 7.31. The number of ether oxygens (including phenoxy) is 1. The Balaban J connectivity index is 2.82. The number of nitrogens with one attached hydrogen (secondary N) is 1. The molecule has 1 aromatic rings. The van der Waals surface area contributed by atoms with E-state index in [0.717, 1.165) is 5.56 Å². The Hall–Kier alpha value is -2.04. The highest BCUT2D eigenvalue weighted by Crippen LogP contribution is 2.21. The standard InChI is InChI=1S/C14H20N2O3/c1-9(2)15-14(17)8-19-13-7-10(3)5-6-12(13)11(4)16-18/h5-7,9,18H,8H2,1-4H3,(H,15,17). The lowest BCUT2D eigenvalue weighted by atomic mass is 10.1. The van der Waals surface area contributed by atoms with E-state index in [1.54, 1.807) is 13.0 Å². The van der Waals surface area contributed by atoms with Gasteiger partial charge in [0.05, 0.1) is 5.71 Å². The average Bonchev–Trinajstić information content (AvgIpc) is 2.34. The van der Waals surface area contributed by atoms with Gasteiger partial charge in [0.15, 0.2) is 6.61 Å². The molecule has 0 aromatic heterocycles. The summed E-state index contributed by atoms with van der Waals surface area (Å²) in [5, 5.41) is 14.7. The molecule has 0 fully saturated rings. The molecule has 19 heavy (non-hydrogen) atoms. The molecule has 0 bridgehead atoms. The number of oxime groups is 1. The first kappa shape index (κ1) is 15.0. The van der Waals surface area contributed by atoms with Crippen LogP contribution < -0.4 is 10.1 Å². The minimum Gasteiger partial charge on any atom is -0.483 e. The summed E-state index contributed by atoms with van der Waals surface area (Å²) in [6, 6.07) is 5.59. The van der Waals surface area contributed by atoms with Crippen molar-refractivity contribution in [2.24, 2.45) is 5.16 Å². The van der Waals surface area contributed by atoms with Gasteiger partial charge in [0.1, 0.15) is 5.75 Å². The fourth-order valence-corrected chi connectivity index (χ4v) is 1.61. The molecule has 0 aliphatic heterocycles. The molecular formula is C14H20N2O3. The van der Waals surface area contributed by atoms with Crippen molar-refractivity contribution in [3.05, 3.63) is 29.3 Å². The van der Waals surface area contributed by atoms with Crippen LogP contribution in [0.3, 0.4) is 0 Å². The number of hydrogen-bond donors (Lipinski definition) is 2. The Kier molecular flexibility index (Phi) is 5.36. The Morgan fingerprint density at radius 1 is 1.47 bits per heavy atom. The molecule has 5 heteroatoms. The summed E-state index contributed by atoms with van der Waals surface area (Å²) < 4.78 is 5.50. The van der Waals surface area contributed by atoms with Crippen LogP contribution in [0.15, 0.2) is 23.4 Å². The van der Waals surface area contributed by atoms with Gasteiger partial charge in [-0.3, -0.25) is 4.79 Å². The van der Waals surface area contributed by atoms with E-state index >= 15 is 0 Å². The smallest absolute Gasteiger partial charge is 0.258 e. The molecule has 1 aromatic carbocycles. The molecule has 0 aliphatic carbocycles. The lowest BCUT2D eigenvalue weighted by Crippen LogP contribution is -2.34. The molecule has 1 amide bonds. The Bertz CT molecular complexity index is 482. The molecule has 1 rings (SSSR count). The molecule has 0 heterocycles. The van der Waals surface area contributed by atoms with Gasteiger partial charge < -0.3 is 15.3 Å². The highest BCUT2D eigenvalue weighted by molar-refractivity contribution is 6.00. The van der Waals surface area contributed by atoms with Gasteiger partial charge in [-0.15, -0.1) is 0 Å². The summed E-state index contributed by atoms with van der Waals surface area (Å²) >= 11 is 0. The van der Waals surface area contributed by atoms with Crippen molar-refractivity contribution in [1.29, 1.82) is 0 Å². The van der Waals surface area contributed by atoms with Crippen molar-refractivity contribution in [2.75, 3.05) is 6.61 Å². The molecule has 0 saturated heterocycles. The predicted molar refractivity (Wildman–Crippen MR) is 74.0 cm³/mol. The predicted octanol–water partition coefficient (Wildman–Crippen LogP) is 2.10. The van der Waals surface area contributed by atoms with Crippen molar-refractivity contribution < 1.29 is 14.7 Å². The van der Waals surface area contributed by atoms with Crippen molar-refractivity contribution in [1.82, 2.24) is 5.32 Å². The number of amides is 1. The third kappa shape index (κ3) is 4.62. The number of benzene rings is 1. The first-order valence-corrected chi connectivity index (χ1v) is 6.16. The van der Waals surface area contributed by atoms with Crippen molar-refractivity contribution in [3.8, 4) is 5.75 Å². The van der Waals surface area contributed by atoms with Crippen LogP contribution in [-0.4, -0.2) is 29.5 Å². The Morgan fingerprint density at radius 3 is 2.74 bits per heavy atom. The number of carbonyl (C=O) groups is 1. The molecule has 0 saturated carbocycles. The van der Waals surface area contributed by atoms with Gasteiger partial charge in [-0.25, -0.2) is 0 Å². The zero-order valence-electron chi connectivity index (χ0n) is 11.7. The summed E-state index contributed by atoms with van der Waals surface area (Å²) in [4.78, 5) is 11.5. The van der Waals surface area contributed by atoms with E-state index in [1.807, 2.05) is 32.9 Å². The van der Waals surface area contributed by atoms with Gasteiger partial charge >= 0.3 is 0 Å². The molecule has 0 aliphatic rings. The summed E-state index contributed by atoms with van der Waals surface area (Å²) in [5.41, 5.74) is 2.12. The monoisotopic (exact) mass is 264 g/mol. The van der Waals surface area contributed by atoms with E-state index in [0.29, 0.717) is 17.0 Å². The molecule has 5 nitrogen and oxygen atoms in total. The van der Waals surface area contributed by atoms with Crippen LogP contribution in [0.2, 0.25) is 0 Å². The minimum atomic E-state index is -0.180. The Morgan fingerprint density at radius 2 is 2.16 bits per heavy atom. The van der Waals surface area contributed by atoms with Crippen molar-refractivity contribution in [3.63, 3.8) is 0 Å². The summed E-state index contributed by atoms with van der Waals surface area (Å²) in [7, 11) is 0. The maximum absolute atomic E-state index is 11.5. The van der Waals surface area contributed by atoms with Crippen LogP contribution >= 0.6 is 0 Å². The zero-order valence-corrected chi connectivity index (χ0v) is 11.7. The second kappa shape index (κ2) is 6.78. The van der Waals surface area contributed by atoms with E-state index in [2.05, 4.69) is 10.5 Å². The van der Waals surface area contributed by atoms with Crippen LogP contribution in [-0.2, 0) is 4.79 Å². The van der Waals surface area contributed by atoms with Crippen LogP contribution in [0.4, 0.5) is 0 Å². The maximum Gasteiger partial charge on any atom is 0.258 e. The lowest BCUT2D eigenvalue weighted by Gasteiger charge is -2.13. The van der Waals surface area contributed by atoms with Gasteiger partial charge in [0, 0.05) is 11.6 Å². The maximum atomic E-state index is 11.5. The van der Waals surface area contributed by atoms with Crippen molar-refractivity contribution >= 4 is 11.6 Å². The summed E-state index contributed by atoms with van der Waals surface area (Å²) in [5.74, 6) is 0.357. The molecule has 0 spiro atoms. The third-order valence-electron chi connectivity index (χ3n) is 2.49. The van der Waals surface area contributed by atoms with Crippen LogP contribution in [0.25, 0.3) is 0 Å². The van der Waals surface area contributed by atoms with Crippen LogP contribution in [0.1, 0.15) is 31.9 Å². The molecule has 0 radical (unpaired) electrons. The van der Waals surface area contributed by atoms with Gasteiger partial charge in [0.25, 0.3) is 5.91 Å². The van der Waals surface area contributed by atoms with Gasteiger partial charge in [-0.1, -0.05) is 11.2 Å². The second-order valence-corrected chi connectivity index (χ2v) is 4.70. The molecular weight excluding hydrogens is 244 g/mol. The molecule has 0 atom stereocenters. The molecule has 104 valence electrons.